The van der Waals surface area contributed by atoms with Gasteiger partial charge in [0.25, 0.3) is 0 Å². The molecule has 3 heteroatoms. The van der Waals surface area contributed by atoms with Crippen LogP contribution in [0.5, 0.6) is 0 Å². The van der Waals surface area contributed by atoms with E-state index in [0.717, 1.165) is 37.1 Å². The van der Waals surface area contributed by atoms with Crippen LogP contribution in [0.3, 0.4) is 0 Å². The summed E-state index contributed by atoms with van der Waals surface area (Å²) in [5.74, 6) is 2.91. The third-order valence-corrected chi connectivity index (χ3v) is 4.60. The molecule has 0 aliphatic heterocycles. The van der Waals surface area contributed by atoms with Crippen molar-refractivity contribution < 1.29 is 4.42 Å². The molecule has 19 heavy (non-hydrogen) atoms. The first-order valence-electron chi connectivity index (χ1n) is 7.47. The van der Waals surface area contributed by atoms with E-state index in [2.05, 4.69) is 24.9 Å². The Bertz CT molecular complexity index is 391. The van der Waals surface area contributed by atoms with Crippen molar-refractivity contribution in [2.24, 2.45) is 17.1 Å². The molecule has 0 radical (unpaired) electrons. The van der Waals surface area contributed by atoms with Gasteiger partial charge in [0.1, 0.15) is 11.5 Å². The minimum Gasteiger partial charge on any atom is -0.465 e. The van der Waals surface area contributed by atoms with Gasteiger partial charge in [-0.2, -0.15) is 0 Å². The molecule has 1 aromatic rings. The number of hydrogen-bond acceptors (Lipinski definition) is 3. The van der Waals surface area contributed by atoms with Crippen LogP contribution in [-0.2, 0) is 6.54 Å². The van der Waals surface area contributed by atoms with Crippen molar-refractivity contribution in [3.63, 3.8) is 0 Å². The standard InChI is InChI=1S/C16H28N2O/c1-13-6-8-16(11-17,9-7-13)12-18(3)10-15-5-4-14(2)19-15/h4-5,13H,6-12,17H2,1-3H3. The fourth-order valence-corrected chi connectivity index (χ4v) is 3.27. The van der Waals surface area contributed by atoms with Crippen molar-refractivity contribution in [1.29, 1.82) is 0 Å². The van der Waals surface area contributed by atoms with Crippen LogP contribution in [0.1, 0.15) is 44.1 Å². The molecule has 1 aromatic heterocycles. The molecule has 0 aromatic carbocycles. The zero-order chi connectivity index (χ0) is 13.9. The predicted molar refractivity (Wildman–Crippen MR) is 78.9 cm³/mol. The average Bonchev–Trinajstić information content (AvgIpc) is 2.78. The minimum absolute atomic E-state index is 0.322. The summed E-state index contributed by atoms with van der Waals surface area (Å²) >= 11 is 0. The minimum atomic E-state index is 0.322. The second-order valence-corrected chi connectivity index (χ2v) is 6.57. The third-order valence-electron chi connectivity index (χ3n) is 4.60. The van der Waals surface area contributed by atoms with Crippen LogP contribution in [0, 0.1) is 18.3 Å². The summed E-state index contributed by atoms with van der Waals surface area (Å²) in [5, 5.41) is 0. The van der Waals surface area contributed by atoms with Gasteiger partial charge in [0.15, 0.2) is 0 Å². The number of aryl methyl sites for hydroxylation is 1. The Morgan fingerprint density at radius 2 is 2.05 bits per heavy atom. The maximum Gasteiger partial charge on any atom is 0.118 e. The van der Waals surface area contributed by atoms with Gasteiger partial charge < -0.3 is 10.2 Å². The molecular weight excluding hydrogens is 236 g/mol. The summed E-state index contributed by atoms with van der Waals surface area (Å²) in [5.41, 5.74) is 6.40. The highest BCUT2D eigenvalue weighted by Crippen LogP contribution is 2.38. The molecule has 0 amide bonds. The summed E-state index contributed by atoms with van der Waals surface area (Å²) < 4.78 is 5.65. The second-order valence-electron chi connectivity index (χ2n) is 6.57. The zero-order valence-electron chi connectivity index (χ0n) is 12.6. The second kappa shape index (κ2) is 6.10. The smallest absolute Gasteiger partial charge is 0.118 e. The molecular formula is C16H28N2O. The first-order chi connectivity index (χ1) is 9.03. The molecule has 0 bridgehead atoms. The van der Waals surface area contributed by atoms with Gasteiger partial charge in [-0.3, -0.25) is 4.90 Å². The Morgan fingerprint density at radius 3 is 2.58 bits per heavy atom. The molecule has 3 nitrogen and oxygen atoms in total. The highest BCUT2D eigenvalue weighted by atomic mass is 16.3. The van der Waals surface area contributed by atoms with Crippen LogP contribution in [0.15, 0.2) is 16.5 Å². The lowest BCUT2D eigenvalue weighted by Crippen LogP contribution is -2.43. The SMILES string of the molecule is Cc1ccc(CN(C)CC2(CN)CCC(C)CC2)o1. The quantitative estimate of drug-likeness (QED) is 0.888. The van der Waals surface area contributed by atoms with Gasteiger partial charge in [-0.15, -0.1) is 0 Å². The maximum atomic E-state index is 6.08. The van der Waals surface area contributed by atoms with Crippen LogP contribution in [0.25, 0.3) is 0 Å². The molecule has 1 heterocycles. The molecule has 0 saturated heterocycles. The monoisotopic (exact) mass is 264 g/mol. The highest BCUT2D eigenvalue weighted by Gasteiger charge is 2.33. The summed E-state index contributed by atoms with van der Waals surface area (Å²) in [6.07, 6.45) is 5.19. The van der Waals surface area contributed by atoms with Crippen LogP contribution in [-0.4, -0.2) is 25.0 Å². The normalized spacial score (nSPS) is 27.9. The number of hydrogen-bond donors (Lipinski definition) is 1. The van der Waals surface area contributed by atoms with E-state index in [1.54, 1.807) is 0 Å². The largest absolute Gasteiger partial charge is 0.465 e. The number of rotatable bonds is 5. The Kier molecular flexibility index (Phi) is 4.69. The Balaban J connectivity index is 1.90. The van der Waals surface area contributed by atoms with E-state index in [0.29, 0.717) is 5.41 Å². The summed E-state index contributed by atoms with van der Waals surface area (Å²) in [7, 11) is 2.17. The highest BCUT2D eigenvalue weighted by molar-refractivity contribution is 5.05. The van der Waals surface area contributed by atoms with Gasteiger partial charge >= 0.3 is 0 Å². The number of nitrogens with zero attached hydrogens (tertiary/aromatic N) is 1. The molecule has 0 atom stereocenters. The van der Waals surface area contributed by atoms with Gasteiger partial charge in [0.2, 0.25) is 0 Å². The molecule has 0 unspecified atom stereocenters. The molecule has 2 N–H and O–H groups in total. The van der Waals surface area contributed by atoms with E-state index in [-0.39, 0.29) is 0 Å². The Morgan fingerprint density at radius 1 is 1.37 bits per heavy atom. The lowest BCUT2D eigenvalue weighted by atomic mass is 9.70. The summed E-state index contributed by atoms with van der Waals surface area (Å²) in [6, 6.07) is 4.11. The van der Waals surface area contributed by atoms with Crippen LogP contribution < -0.4 is 5.73 Å². The lowest BCUT2D eigenvalue weighted by molar-refractivity contribution is 0.102. The number of nitrogens with two attached hydrogens (primary N) is 1. The van der Waals surface area contributed by atoms with E-state index in [1.165, 1.54) is 25.7 Å². The molecule has 1 aliphatic rings. The van der Waals surface area contributed by atoms with Crippen LogP contribution in [0.2, 0.25) is 0 Å². The van der Waals surface area contributed by atoms with Crippen molar-refractivity contribution in [3.05, 3.63) is 23.7 Å². The summed E-state index contributed by atoms with van der Waals surface area (Å²) in [4.78, 5) is 2.36. The van der Waals surface area contributed by atoms with Gasteiger partial charge in [-0.25, -0.2) is 0 Å². The van der Waals surface area contributed by atoms with Crippen molar-refractivity contribution in [2.75, 3.05) is 20.1 Å². The van der Waals surface area contributed by atoms with E-state index in [4.69, 9.17) is 10.2 Å². The van der Waals surface area contributed by atoms with E-state index in [1.807, 2.05) is 13.0 Å². The van der Waals surface area contributed by atoms with Gasteiger partial charge in [-0.05, 0) is 56.8 Å². The van der Waals surface area contributed by atoms with Crippen molar-refractivity contribution in [3.8, 4) is 0 Å². The van der Waals surface area contributed by atoms with E-state index < -0.39 is 0 Å². The Hall–Kier alpha value is -0.800. The molecule has 1 aliphatic carbocycles. The van der Waals surface area contributed by atoms with Crippen molar-refractivity contribution >= 4 is 0 Å². The molecule has 1 fully saturated rings. The van der Waals surface area contributed by atoms with Gasteiger partial charge in [-0.1, -0.05) is 19.8 Å². The van der Waals surface area contributed by atoms with Crippen LogP contribution >= 0.6 is 0 Å². The maximum absolute atomic E-state index is 6.08. The topological polar surface area (TPSA) is 42.4 Å². The van der Waals surface area contributed by atoms with Crippen molar-refractivity contribution in [1.82, 2.24) is 4.90 Å². The van der Waals surface area contributed by atoms with Crippen LogP contribution in [0.4, 0.5) is 0 Å². The van der Waals surface area contributed by atoms with E-state index in [9.17, 15) is 0 Å². The first-order valence-corrected chi connectivity index (χ1v) is 7.47. The third kappa shape index (κ3) is 3.83. The van der Waals surface area contributed by atoms with Crippen molar-refractivity contribution in [2.45, 2.75) is 46.1 Å². The molecule has 0 spiro atoms. The predicted octanol–water partition coefficient (Wildman–Crippen LogP) is 3.18. The fourth-order valence-electron chi connectivity index (χ4n) is 3.27. The average molecular weight is 264 g/mol. The Labute approximate surface area is 117 Å². The molecule has 108 valence electrons. The fraction of sp³-hybridized carbons (Fsp3) is 0.750. The van der Waals surface area contributed by atoms with E-state index >= 15 is 0 Å². The molecule has 1 saturated carbocycles. The zero-order valence-corrected chi connectivity index (χ0v) is 12.6. The van der Waals surface area contributed by atoms with Gasteiger partial charge in [0.05, 0.1) is 6.54 Å². The lowest BCUT2D eigenvalue weighted by Gasteiger charge is -2.41. The first kappa shape index (κ1) is 14.6. The number of furan rings is 1. The summed E-state index contributed by atoms with van der Waals surface area (Å²) in [6.45, 7) is 7.12. The van der Waals surface area contributed by atoms with Gasteiger partial charge in [0, 0.05) is 6.54 Å². The molecule has 2 rings (SSSR count).